The van der Waals surface area contributed by atoms with Crippen LogP contribution in [0.25, 0.3) is 10.9 Å². The Kier molecular flexibility index (Phi) is 4.91. The number of nitrogens with zero attached hydrogens (tertiary/aromatic N) is 2. The maximum atomic E-state index is 13.5. The molecule has 182 valence electrons. The van der Waals surface area contributed by atoms with Crippen molar-refractivity contribution in [1.82, 2.24) is 9.88 Å². The largest absolute Gasteiger partial charge is 0.755 e. The van der Waals surface area contributed by atoms with E-state index in [4.69, 9.17) is 5.73 Å². The molecule has 1 heterocycles. The van der Waals surface area contributed by atoms with Crippen LogP contribution in [0, 0.1) is 28.6 Å². The lowest BCUT2D eigenvalue weighted by atomic mass is 9.47. The standard InChI is InChI=1S/C25H32N4O4S/c1-28-7-4-16-10-19(2-3-20(16)28)29(34(32)33)14-24(5-6-24)23(31)27-21-17-8-15-9-18(21)13-25(11-15,12-17)22(26)30/h2-4,7,10,15,17-18,21H,5-6,8-9,11-14H2,1H3,(H2,26,30)(H,27,31)(H,32,33)/p-1. The van der Waals surface area contributed by atoms with Gasteiger partial charge in [-0.1, -0.05) is 0 Å². The second-order valence-corrected chi connectivity index (χ2v) is 12.2. The molecule has 4 bridgehead atoms. The fraction of sp³-hybridized carbons (Fsp3) is 0.600. The highest BCUT2D eigenvalue weighted by Gasteiger charge is 2.59. The molecule has 3 unspecified atom stereocenters. The van der Waals surface area contributed by atoms with Crippen molar-refractivity contribution < 1.29 is 18.4 Å². The third-order valence-corrected chi connectivity index (χ3v) is 9.91. The highest BCUT2D eigenvalue weighted by molar-refractivity contribution is 7.80. The first-order valence-corrected chi connectivity index (χ1v) is 13.3. The van der Waals surface area contributed by atoms with Gasteiger partial charge in [-0.2, -0.15) is 0 Å². The number of rotatable bonds is 7. The lowest BCUT2D eigenvalue weighted by Gasteiger charge is -2.59. The fourth-order valence-corrected chi connectivity index (χ4v) is 8.04. The average Bonchev–Trinajstić information content (AvgIpc) is 3.50. The zero-order valence-corrected chi connectivity index (χ0v) is 20.2. The van der Waals surface area contributed by atoms with Gasteiger partial charge < -0.3 is 24.5 Å². The molecule has 5 aliphatic rings. The van der Waals surface area contributed by atoms with Crippen molar-refractivity contribution in [3.63, 3.8) is 0 Å². The van der Waals surface area contributed by atoms with Crippen LogP contribution in [0.4, 0.5) is 5.69 Å². The van der Waals surface area contributed by atoms with Gasteiger partial charge in [0.05, 0.1) is 5.41 Å². The van der Waals surface area contributed by atoms with Crippen LogP contribution in [-0.4, -0.2) is 37.7 Å². The number of anilines is 1. The molecule has 0 aliphatic heterocycles. The van der Waals surface area contributed by atoms with E-state index in [-0.39, 0.29) is 41.7 Å². The first-order valence-electron chi connectivity index (χ1n) is 12.2. The van der Waals surface area contributed by atoms with Crippen LogP contribution in [0.15, 0.2) is 30.5 Å². The van der Waals surface area contributed by atoms with Gasteiger partial charge in [0.1, 0.15) is 0 Å². The molecule has 8 nitrogen and oxygen atoms in total. The Morgan fingerprint density at radius 1 is 1.21 bits per heavy atom. The van der Waals surface area contributed by atoms with Gasteiger partial charge >= 0.3 is 0 Å². The van der Waals surface area contributed by atoms with Crippen molar-refractivity contribution in [2.45, 2.75) is 51.0 Å². The maximum Gasteiger partial charge on any atom is 0.228 e. The van der Waals surface area contributed by atoms with Gasteiger partial charge in [0, 0.05) is 59.1 Å². The van der Waals surface area contributed by atoms with E-state index in [1.54, 1.807) is 6.07 Å². The number of fused-ring (bicyclic) bond motifs is 1. The predicted octanol–water partition coefficient (Wildman–Crippen LogP) is 2.36. The molecule has 1 aromatic heterocycles. The molecule has 7 rings (SSSR count). The third kappa shape index (κ3) is 3.39. The first-order chi connectivity index (χ1) is 16.2. The molecule has 5 fully saturated rings. The quantitative estimate of drug-likeness (QED) is 0.587. The molecule has 1 aromatic carbocycles. The van der Waals surface area contributed by atoms with Crippen molar-refractivity contribution in [2.24, 2.45) is 41.4 Å². The highest BCUT2D eigenvalue weighted by Crippen LogP contribution is 2.60. The van der Waals surface area contributed by atoms with Gasteiger partial charge in [0.25, 0.3) is 0 Å². The van der Waals surface area contributed by atoms with Gasteiger partial charge in [-0.3, -0.25) is 13.8 Å². The maximum absolute atomic E-state index is 13.5. The summed E-state index contributed by atoms with van der Waals surface area (Å²) < 4.78 is 27.7. The van der Waals surface area contributed by atoms with Crippen molar-refractivity contribution in [3.05, 3.63) is 30.5 Å². The second kappa shape index (κ2) is 7.55. The van der Waals surface area contributed by atoms with E-state index >= 15 is 0 Å². The van der Waals surface area contributed by atoms with Crippen LogP contribution < -0.4 is 15.4 Å². The van der Waals surface area contributed by atoms with Crippen LogP contribution in [0.3, 0.4) is 0 Å². The van der Waals surface area contributed by atoms with E-state index < -0.39 is 16.7 Å². The minimum atomic E-state index is -2.49. The van der Waals surface area contributed by atoms with E-state index in [1.807, 2.05) is 36.0 Å². The zero-order chi connectivity index (χ0) is 23.8. The van der Waals surface area contributed by atoms with E-state index in [0.29, 0.717) is 24.4 Å². The lowest BCUT2D eigenvalue weighted by Crippen LogP contribution is -2.62. The summed E-state index contributed by atoms with van der Waals surface area (Å²) in [6, 6.07) is 7.58. The second-order valence-electron chi connectivity index (χ2n) is 11.3. The van der Waals surface area contributed by atoms with Crippen molar-refractivity contribution in [1.29, 1.82) is 0 Å². The number of primary amides is 1. The van der Waals surface area contributed by atoms with Crippen LogP contribution >= 0.6 is 0 Å². The molecular formula is C25H31N4O4S-. The van der Waals surface area contributed by atoms with Gasteiger partial charge in [-0.25, -0.2) is 0 Å². The number of carbonyl (C=O) groups excluding carboxylic acids is 2. The van der Waals surface area contributed by atoms with E-state index in [9.17, 15) is 18.4 Å². The van der Waals surface area contributed by atoms with Gasteiger partial charge in [0.2, 0.25) is 11.8 Å². The Labute approximate surface area is 201 Å². The Bertz CT molecular complexity index is 1190. The van der Waals surface area contributed by atoms with Gasteiger partial charge in [0.15, 0.2) is 0 Å². The number of aromatic nitrogens is 1. The third-order valence-electron chi connectivity index (χ3n) is 9.21. The van der Waals surface area contributed by atoms with E-state index in [0.717, 1.165) is 43.0 Å². The summed E-state index contributed by atoms with van der Waals surface area (Å²) in [6.45, 7) is 0.142. The van der Waals surface area contributed by atoms with Crippen LogP contribution in [-0.2, 0) is 27.9 Å². The topological polar surface area (TPSA) is 120 Å². The minimum absolute atomic E-state index is 0.0469. The summed E-state index contributed by atoms with van der Waals surface area (Å²) >= 11 is -2.49. The monoisotopic (exact) mass is 483 g/mol. The van der Waals surface area contributed by atoms with Crippen molar-refractivity contribution in [3.8, 4) is 0 Å². The Balaban J connectivity index is 1.19. The Hall–Kier alpha value is -2.39. The summed E-state index contributed by atoms with van der Waals surface area (Å²) in [4.78, 5) is 25.7. The van der Waals surface area contributed by atoms with Gasteiger partial charge in [-0.15, -0.1) is 0 Å². The molecule has 3 N–H and O–H groups in total. The average molecular weight is 484 g/mol. The van der Waals surface area contributed by atoms with E-state index in [2.05, 4.69) is 5.32 Å². The summed E-state index contributed by atoms with van der Waals surface area (Å²) in [6.07, 6.45) is 7.80. The number of carbonyl (C=O) groups is 2. The zero-order valence-electron chi connectivity index (χ0n) is 19.4. The number of benzene rings is 1. The summed E-state index contributed by atoms with van der Waals surface area (Å²) in [5, 5.41) is 4.29. The number of nitrogens with one attached hydrogen (secondary N) is 1. The van der Waals surface area contributed by atoms with Crippen molar-refractivity contribution >= 4 is 39.7 Å². The summed E-state index contributed by atoms with van der Waals surface area (Å²) in [5.41, 5.74) is 6.32. The summed E-state index contributed by atoms with van der Waals surface area (Å²) in [7, 11) is 1.95. The van der Waals surface area contributed by atoms with Crippen LogP contribution in [0.1, 0.15) is 44.9 Å². The molecule has 0 spiro atoms. The number of hydrogen-bond acceptors (Lipinski definition) is 4. The first kappa shape index (κ1) is 22.1. The Morgan fingerprint density at radius 2 is 1.91 bits per heavy atom. The molecule has 3 atom stereocenters. The predicted molar refractivity (Wildman–Crippen MR) is 128 cm³/mol. The Morgan fingerprint density at radius 3 is 2.53 bits per heavy atom. The van der Waals surface area contributed by atoms with Crippen LogP contribution in [0.5, 0.6) is 0 Å². The molecular weight excluding hydrogens is 452 g/mol. The SMILES string of the molecule is Cn1ccc2cc(N(CC3(C(=O)NC4C5CC6CC4CC(C(N)=O)(C6)C5)CC3)S(=O)[O-])ccc21. The number of nitrogens with two attached hydrogens (primary N) is 1. The smallest absolute Gasteiger partial charge is 0.228 e. The summed E-state index contributed by atoms with van der Waals surface area (Å²) in [5.74, 6) is 0.861. The molecule has 2 amide bonds. The molecule has 5 saturated carbocycles. The normalized spacial score (nSPS) is 33.6. The molecule has 5 aliphatic carbocycles. The van der Waals surface area contributed by atoms with Crippen LogP contribution in [0.2, 0.25) is 0 Å². The molecule has 34 heavy (non-hydrogen) atoms. The van der Waals surface area contributed by atoms with Crippen molar-refractivity contribution in [2.75, 3.05) is 10.8 Å². The highest BCUT2D eigenvalue weighted by atomic mass is 32.2. The van der Waals surface area contributed by atoms with E-state index in [1.165, 1.54) is 4.31 Å². The number of aryl methyl sites for hydroxylation is 1. The minimum Gasteiger partial charge on any atom is -0.755 e. The number of amides is 2. The van der Waals surface area contributed by atoms with Gasteiger partial charge in [-0.05, 0) is 87.0 Å². The molecule has 9 heteroatoms. The lowest BCUT2D eigenvalue weighted by molar-refractivity contribution is -0.148. The molecule has 2 aromatic rings. The molecule has 0 saturated heterocycles. The number of hydrogen-bond donors (Lipinski definition) is 2. The fourth-order valence-electron chi connectivity index (χ4n) is 7.40. The molecule has 0 radical (unpaired) electrons.